The van der Waals surface area contributed by atoms with Crippen LogP contribution in [0.15, 0.2) is 29.2 Å². The first-order valence-electron chi connectivity index (χ1n) is 10.2. The molecule has 0 aromatic heterocycles. The number of piperidine rings is 1. The number of carbonyl (C=O) groups is 2. The highest BCUT2D eigenvalue weighted by Gasteiger charge is 2.29. The largest absolute Gasteiger partial charge is 0.484 e. The third kappa shape index (κ3) is 5.50. The molecule has 3 rings (SSSR count). The molecule has 1 aromatic carbocycles. The Morgan fingerprint density at radius 3 is 2.50 bits per heavy atom. The molecule has 9 nitrogen and oxygen atoms in total. The zero-order valence-corrected chi connectivity index (χ0v) is 17.9. The highest BCUT2D eigenvalue weighted by atomic mass is 32.2. The number of benzene rings is 1. The second kappa shape index (κ2) is 10.2. The number of sulfonamides is 1. The van der Waals surface area contributed by atoms with Gasteiger partial charge < -0.3 is 19.1 Å². The first kappa shape index (κ1) is 22.5. The molecule has 0 saturated carbocycles. The van der Waals surface area contributed by atoms with E-state index >= 15 is 0 Å². The highest BCUT2D eigenvalue weighted by molar-refractivity contribution is 7.89. The second-order valence-electron chi connectivity index (χ2n) is 7.21. The van der Waals surface area contributed by atoms with Crippen molar-refractivity contribution in [3.05, 3.63) is 24.3 Å². The zero-order valence-electron chi connectivity index (χ0n) is 17.1. The number of amides is 1. The van der Waals surface area contributed by atoms with Crippen LogP contribution in [-0.4, -0.2) is 82.1 Å². The Balaban J connectivity index is 1.53. The summed E-state index contributed by atoms with van der Waals surface area (Å²) in [6.07, 6.45) is 1.45. The van der Waals surface area contributed by atoms with Crippen LogP contribution in [0.2, 0.25) is 0 Å². The van der Waals surface area contributed by atoms with Crippen LogP contribution in [0.25, 0.3) is 0 Å². The lowest BCUT2D eigenvalue weighted by atomic mass is 9.98. The topological polar surface area (TPSA) is 102 Å². The van der Waals surface area contributed by atoms with Gasteiger partial charge in [0.1, 0.15) is 5.75 Å². The summed E-state index contributed by atoms with van der Waals surface area (Å²) in [5.74, 6) is -0.377. The maximum Gasteiger partial charge on any atom is 0.310 e. The number of hydrogen-bond donors (Lipinski definition) is 0. The lowest BCUT2D eigenvalue weighted by molar-refractivity contribution is -0.151. The summed E-state index contributed by atoms with van der Waals surface area (Å²) < 4.78 is 42.5. The standard InChI is InChI=1S/C20H28N2O7S/c1-2-28-20(24)16-4-3-9-21(14-16)19(23)15-29-17-5-7-18(8-6-17)30(25,26)22-10-12-27-13-11-22/h5-8,16H,2-4,9-15H2,1H3/t16-/m1/s1. The van der Waals surface area contributed by atoms with E-state index in [9.17, 15) is 18.0 Å². The van der Waals surface area contributed by atoms with Gasteiger partial charge in [0.05, 0.1) is 30.6 Å². The van der Waals surface area contributed by atoms with Crippen molar-refractivity contribution in [1.82, 2.24) is 9.21 Å². The summed E-state index contributed by atoms with van der Waals surface area (Å²) in [6.45, 7) is 4.25. The van der Waals surface area contributed by atoms with Crippen molar-refractivity contribution >= 4 is 21.9 Å². The molecule has 2 aliphatic rings. The number of esters is 1. The summed E-state index contributed by atoms with van der Waals surface area (Å²) in [5, 5.41) is 0. The highest BCUT2D eigenvalue weighted by Crippen LogP contribution is 2.21. The number of ether oxygens (including phenoxy) is 3. The number of hydrogen-bond acceptors (Lipinski definition) is 7. The van der Waals surface area contributed by atoms with Gasteiger partial charge in [0.25, 0.3) is 5.91 Å². The first-order chi connectivity index (χ1) is 14.4. The second-order valence-corrected chi connectivity index (χ2v) is 9.15. The molecule has 0 N–H and O–H groups in total. The molecule has 0 bridgehead atoms. The van der Waals surface area contributed by atoms with E-state index in [2.05, 4.69) is 0 Å². The van der Waals surface area contributed by atoms with E-state index in [1.54, 1.807) is 11.8 Å². The minimum Gasteiger partial charge on any atom is -0.484 e. The lowest BCUT2D eigenvalue weighted by Gasteiger charge is -2.31. The third-order valence-corrected chi connectivity index (χ3v) is 7.10. The van der Waals surface area contributed by atoms with Gasteiger partial charge in [-0.1, -0.05) is 0 Å². The van der Waals surface area contributed by atoms with Crippen molar-refractivity contribution in [2.45, 2.75) is 24.7 Å². The molecule has 0 radical (unpaired) electrons. The summed E-state index contributed by atoms with van der Waals surface area (Å²) in [7, 11) is -3.57. The Kier molecular flexibility index (Phi) is 7.68. The zero-order chi connectivity index (χ0) is 21.6. The summed E-state index contributed by atoms with van der Waals surface area (Å²) >= 11 is 0. The van der Waals surface area contributed by atoms with Gasteiger partial charge in [-0.15, -0.1) is 0 Å². The molecule has 2 saturated heterocycles. The predicted octanol–water partition coefficient (Wildman–Crippen LogP) is 0.888. The average Bonchev–Trinajstić information content (AvgIpc) is 2.78. The number of carbonyl (C=O) groups excluding carboxylic acids is 2. The minimum atomic E-state index is -3.57. The average molecular weight is 441 g/mol. The van der Waals surface area contributed by atoms with Crippen molar-refractivity contribution in [2.24, 2.45) is 5.92 Å². The van der Waals surface area contributed by atoms with Gasteiger partial charge in [-0.05, 0) is 44.0 Å². The fourth-order valence-corrected chi connectivity index (χ4v) is 4.94. The molecule has 30 heavy (non-hydrogen) atoms. The number of nitrogens with zero attached hydrogens (tertiary/aromatic N) is 2. The molecule has 1 amide bonds. The van der Waals surface area contributed by atoms with Gasteiger partial charge in [0, 0.05) is 26.2 Å². The molecule has 0 spiro atoms. The Morgan fingerprint density at radius 1 is 1.13 bits per heavy atom. The fourth-order valence-electron chi connectivity index (χ4n) is 3.54. The molecule has 166 valence electrons. The predicted molar refractivity (Wildman–Crippen MR) is 107 cm³/mol. The summed E-state index contributed by atoms with van der Waals surface area (Å²) in [5.41, 5.74) is 0. The fraction of sp³-hybridized carbons (Fsp3) is 0.600. The van der Waals surface area contributed by atoms with Crippen molar-refractivity contribution < 1.29 is 32.2 Å². The maximum absolute atomic E-state index is 12.6. The molecule has 10 heteroatoms. The van der Waals surface area contributed by atoms with E-state index in [0.29, 0.717) is 58.2 Å². The quantitative estimate of drug-likeness (QED) is 0.580. The van der Waals surface area contributed by atoms with Crippen LogP contribution < -0.4 is 4.74 Å². The van der Waals surface area contributed by atoms with Crippen molar-refractivity contribution in [1.29, 1.82) is 0 Å². The Bertz CT molecular complexity index is 835. The van der Waals surface area contributed by atoms with Gasteiger partial charge >= 0.3 is 5.97 Å². The monoisotopic (exact) mass is 440 g/mol. The van der Waals surface area contributed by atoms with Crippen LogP contribution in [0, 0.1) is 5.92 Å². The Morgan fingerprint density at radius 2 is 1.83 bits per heavy atom. The number of rotatable bonds is 7. The SMILES string of the molecule is CCOC(=O)[C@@H]1CCCN(C(=O)COc2ccc(S(=O)(=O)N3CCOCC3)cc2)C1. The summed E-state index contributed by atoms with van der Waals surface area (Å²) in [6, 6.07) is 6.03. The van der Waals surface area contributed by atoms with Gasteiger partial charge in [0.15, 0.2) is 6.61 Å². The molecule has 2 heterocycles. The molecular formula is C20H28N2O7S. The summed E-state index contributed by atoms with van der Waals surface area (Å²) in [4.78, 5) is 26.2. The van der Waals surface area contributed by atoms with Crippen molar-refractivity contribution in [3.8, 4) is 5.75 Å². The van der Waals surface area contributed by atoms with Crippen LogP contribution in [0.5, 0.6) is 5.75 Å². The van der Waals surface area contributed by atoms with Crippen LogP contribution in [-0.2, 0) is 29.1 Å². The van der Waals surface area contributed by atoms with Crippen molar-refractivity contribution in [2.75, 3.05) is 52.6 Å². The third-order valence-electron chi connectivity index (χ3n) is 5.19. The van der Waals surface area contributed by atoms with Gasteiger partial charge in [-0.2, -0.15) is 4.31 Å². The molecule has 1 aromatic rings. The van der Waals surface area contributed by atoms with Crippen molar-refractivity contribution in [3.63, 3.8) is 0 Å². The van der Waals surface area contributed by atoms with Crippen LogP contribution >= 0.6 is 0 Å². The maximum atomic E-state index is 12.6. The van der Waals surface area contributed by atoms with Gasteiger partial charge in [-0.25, -0.2) is 8.42 Å². The molecule has 0 unspecified atom stereocenters. The van der Waals surface area contributed by atoms with Crippen LogP contribution in [0.1, 0.15) is 19.8 Å². The molecular weight excluding hydrogens is 412 g/mol. The van der Waals surface area contributed by atoms with Crippen LogP contribution in [0.4, 0.5) is 0 Å². The van der Waals surface area contributed by atoms with E-state index in [4.69, 9.17) is 14.2 Å². The van der Waals surface area contributed by atoms with Gasteiger partial charge in [0.2, 0.25) is 10.0 Å². The Hall–Kier alpha value is -2.17. The van der Waals surface area contributed by atoms with Crippen LogP contribution in [0.3, 0.4) is 0 Å². The van der Waals surface area contributed by atoms with E-state index in [0.717, 1.165) is 6.42 Å². The van der Waals surface area contributed by atoms with E-state index in [1.165, 1.54) is 28.6 Å². The smallest absolute Gasteiger partial charge is 0.310 e. The molecule has 1 atom stereocenters. The molecule has 2 aliphatic heterocycles. The van der Waals surface area contributed by atoms with E-state index < -0.39 is 10.0 Å². The molecule has 2 fully saturated rings. The normalized spacial score (nSPS) is 20.6. The first-order valence-corrected chi connectivity index (χ1v) is 11.6. The minimum absolute atomic E-state index is 0.175. The van der Waals surface area contributed by atoms with E-state index in [-0.39, 0.29) is 29.3 Å². The lowest BCUT2D eigenvalue weighted by Crippen LogP contribution is -2.44. The Labute approximate surface area is 176 Å². The van der Waals surface area contributed by atoms with E-state index in [1.807, 2.05) is 0 Å². The number of likely N-dealkylation sites (tertiary alicyclic amines) is 1. The number of morpholine rings is 1. The molecule has 0 aliphatic carbocycles. The van der Waals surface area contributed by atoms with Gasteiger partial charge in [-0.3, -0.25) is 9.59 Å².